The Morgan fingerprint density at radius 3 is 2.56 bits per heavy atom. The Bertz CT molecular complexity index is 1390. The molecule has 0 aliphatic carbocycles. The number of benzene rings is 1. The predicted octanol–water partition coefficient (Wildman–Crippen LogP) is 3.29. The van der Waals surface area contributed by atoms with Gasteiger partial charge in [0.25, 0.3) is 5.56 Å². The van der Waals surface area contributed by atoms with Crippen molar-refractivity contribution in [3.8, 4) is 11.4 Å². The Morgan fingerprint density at radius 2 is 1.84 bits per heavy atom. The average molecular weight is 450 g/mol. The van der Waals surface area contributed by atoms with Crippen LogP contribution in [0.3, 0.4) is 0 Å². The number of hydrogen-bond acceptors (Lipinski definition) is 6. The van der Waals surface area contributed by atoms with Gasteiger partial charge in [-0.3, -0.25) is 23.7 Å². The smallest absolute Gasteiger partial charge is 0.324 e. The molecule has 0 radical (unpaired) electrons. The van der Waals surface area contributed by atoms with Crippen LogP contribution in [0, 0.1) is 0 Å². The van der Waals surface area contributed by atoms with Crippen molar-refractivity contribution in [2.45, 2.75) is 39.8 Å². The number of nitrogens with zero attached hydrogens (tertiary/aromatic N) is 4. The molecule has 1 amide bonds. The lowest BCUT2D eigenvalue weighted by molar-refractivity contribution is -0.116. The molecule has 4 rings (SSSR count). The van der Waals surface area contributed by atoms with Gasteiger partial charge in [0, 0.05) is 18.4 Å². The molecule has 3 aromatic heterocycles. The lowest BCUT2D eigenvalue weighted by Gasteiger charge is -2.14. The maximum Gasteiger partial charge on any atom is 0.332 e. The number of carbonyl (C=O) groups is 1. The second kappa shape index (κ2) is 9.27. The Hall–Kier alpha value is -3.59. The molecular formula is C23H23N5O3S. The summed E-state index contributed by atoms with van der Waals surface area (Å²) in [5.41, 5.74) is 2.09. The number of amides is 1. The molecule has 1 aromatic carbocycles. The zero-order valence-electron chi connectivity index (χ0n) is 17.9. The van der Waals surface area contributed by atoms with E-state index in [-0.39, 0.29) is 24.6 Å². The summed E-state index contributed by atoms with van der Waals surface area (Å²) in [6.45, 7) is 3.93. The fourth-order valence-corrected chi connectivity index (χ4v) is 4.49. The van der Waals surface area contributed by atoms with Gasteiger partial charge in [-0.25, -0.2) is 4.79 Å². The largest absolute Gasteiger partial charge is 0.332 e. The van der Waals surface area contributed by atoms with E-state index in [0.717, 1.165) is 23.5 Å². The first-order valence-corrected chi connectivity index (χ1v) is 11.2. The third-order valence-electron chi connectivity index (χ3n) is 5.17. The number of nitrogens with one attached hydrogen (secondary N) is 1. The van der Waals surface area contributed by atoms with Crippen LogP contribution in [0.15, 0.2) is 58.3 Å². The molecule has 0 spiro atoms. The number of fused-ring (bicyclic) bond motifs is 1. The van der Waals surface area contributed by atoms with E-state index in [1.807, 2.05) is 44.2 Å². The first-order valence-electron chi connectivity index (χ1n) is 10.5. The molecule has 0 unspecified atom stereocenters. The van der Waals surface area contributed by atoms with Gasteiger partial charge in [-0.2, -0.15) is 4.37 Å². The number of carbonyl (C=O) groups excluding carboxylic acids is 1. The summed E-state index contributed by atoms with van der Waals surface area (Å²) in [6, 6.07) is 12.9. The van der Waals surface area contributed by atoms with Gasteiger partial charge in [0.15, 0.2) is 0 Å². The first kappa shape index (κ1) is 21.6. The number of anilines is 1. The Morgan fingerprint density at radius 1 is 1.06 bits per heavy atom. The van der Waals surface area contributed by atoms with Crippen molar-refractivity contribution in [2.24, 2.45) is 0 Å². The molecule has 0 fully saturated rings. The van der Waals surface area contributed by atoms with Crippen LogP contribution in [0.25, 0.3) is 21.6 Å². The van der Waals surface area contributed by atoms with E-state index < -0.39 is 5.69 Å². The second-order valence-electron chi connectivity index (χ2n) is 7.31. The molecule has 0 saturated heterocycles. The van der Waals surface area contributed by atoms with E-state index in [0.29, 0.717) is 33.7 Å². The molecule has 0 aliphatic heterocycles. The van der Waals surface area contributed by atoms with Gasteiger partial charge in [-0.05, 0) is 48.1 Å². The van der Waals surface area contributed by atoms with Crippen molar-refractivity contribution in [1.82, 2.24) is 18.5 Å². The molecule has 3 heterocycles. The highest BCUT2D eigenvalue weighted by Gasteiger charge is 2.22. The zero-order valence-corrected chi connectivity index (χ0v) is 18.7. The third kappa shape index (κ3) is 3.99. The number of pyridine rings is 1. The molecule has 8 nitrogen and oxygen atoms in total. The molecule has 32 heavy (non-hydrogen) atoms. The number of para-hydroxylation sites is 1. The minimum Gasteiger partial charge on any atom is -0.324 e. The van der Waals surface area contributed by atoms with Crippen molar-refractivity contribution in [3.05, 3.63) is 75.1 Å². The molecule has 0 aliphatic rings. The molecular weight excluding hydrogens is 426 g/mol. The van der Waals surface area contributed by atoms with Crippen LogP contribution in [-0.4, -0.2) is 24.4 Å². The Labute approximate surface area is 188 Å². The van der Waals surface area contributed by atoms with Gasteiger partial charge < -0.3 is 5.32 Å². The molecule has 0 saturated carbocycles. The topological polar surface area (TPSA) is 98.9 Å². The predicted molar refractivity (Wildman–Crippen MR) is 126 cm³/mol. The number of hydrogen-bond donors (Lipinski definition) is 1. The van der Waals surface area contributed by atoms with Gasteiger partial charge >= 0.3 is 5.69 Å². The lowest BCUT2D eigenvalue weighted by atomic mass is 10.1. The Kier molecular flexibility index (Phi) is 6.27. The molecule has 164 valence electrons. The summed E-state index contributed by atoms with van der Waals surface area (Å²) < 4.78 is 7.27. The standard InChI is InChI=1S/C23H23N5O3S/c1-3-13-27-22(30)21-20(19(26-32-21)17-11-7-8-12-24-17)28(23(27)31)14-18(29)25-16-10-6-5-9-15(16)4-2/h5-12H,3-4,13-14H2,1-2H3,(H,25,29). The van der Waals surface area contributed by atoms with Crippen molar-refractivity contribution < 1.29 is 4.79 Å². The van der Waals surface area contributed by atoms with E-state index >= 15 is 0 Å². The normalized spacial score (nSPS) is 11.1. The summed E-state index contributed by atoms with van der Waals surface area (Å²) in [7, 11) is 0. The minimum absolute atomic E-state index is 0.240. The van der Waals surface area contributed by atoms with Gasteiger partial charge in [0.1, 0.15) is 16.9 Å². The van der Waals surface area contributed by atoms with Gasteiger partial charge in [0.2, 0.25) is 5.91 Å². The highest BCUT2D eigenvalue weighted by molar-refractivity contribution is 7.13. The maximum absolute atomic E-state index is 13.3. The summed E-state index contributed by atoms with van der Waals surface area (Å²) in [6.07, 6.45) is 3.00. The number of rotatable bonds is 7. The van der Waals surface area contributed by atoms with Crippen LogP contribution in [0.4, 0.5) is 5.69 Å². The van der Waals surface area contributed by atoms with E-state index in [4.69, 9.17) is 0 Å². The Balaban J connectivity index is 1.85. The van der Waals surface area contributed by atoms with Crippen molar-refractivity contribution in [3.63, 3.8) is 0 Å². The highest BCUT2D eigenvalue weighted by atomic mass is 32.1. The van der Waals surface area contributed by atoms with Crippen LogP contribution >= 0.6 is 11.5 Å². The summed E-state index contributed by atoms with van der Waals surface area (Å²) in [4.78, 5) is 43.6. The zero-order chi connectivity index (χ0) is 22.7. The van der Waals surface area contributed by atoms with Crippen LogP contribution in [0.2, 0.25) is 0 Å². The summed E-state index contributed by atoms with van der Waals surface area (Å²) >= 11 is 1.02. The summed E-state index contributed by atoms with van der Waals surface area (Å²) in [5, 5.41) is 2.90. The van der Waals surface area contributed by atoms with Gasteiger partial charge in [-0.15, -0.1) is 0 Å². The second-order valence-corrected chi connectivity index (χ2v) is 8.08. The molecule has 0 bridgehead atoms. The SMILES string of the molecule is CCCn1c(=O)c2snc(-c3ccccn3)c2n(CC(=O)Nc2ccccc2CC)c1=O. The van der Waals surface area contributed by atoms with Crippen LogP contribution in [0.1, 0.15) is 25.8 Å². The van der Waals surface area contributed by atoms with Gasteiger partial charge in [0.05, 0.1) is 11.2 Å². The fraction of sp³-hybridized carbons (Fsp3) is 0.261. The number of aryl methyl sites for hydroxylation is 1. The fourth-order valence-electron chi connectivity index (χ4n) is 3.65. The minimum atomic E-state index is -0.527. The van der Waals surface area contributed by atoms with E-state index in [1.54, 1.807) is 18.3 Å². The van der Waals surface area contributed by atoms with Crippen LogP contribution in [0.5, 0.6) is 0 Å². The quantitative estimate of drug-likeness (QED) is 0.467. The highest BCUT2D eigenvalue weighted by Crippen LogP contribution is 2.27. The van der Waals surface area contributed by atoms with Crippen molar-refractivity contribution >= 4 is 33.3 Å². The monoisotopic (exact) mass is 449 g/mol. The summed E-state index contributed by atoms with van der Waals surface area (Å²) in [5.74, 6) is -0.353. The van der Waals surface area contributed by atoms with E-state index in [9.17, 15) is 14.4 Å². The first-order chi connectivity index (χ1) is 15.5. The molecule has 9 heteroatoms. The van der Waals surface area contributed by atoms with Gasteiger partial charge in [-0.1, -0.05) is 38.1 Å². The van der Waals surface area contributed by atoms with Crippen molar-refractivity contribution in [1.29, 1.82) is 0 Å². The lowest BCUT2D eigenvalue weighted by Crippen LogP contribution is -2.41. The van der Waals surface area contributed by atoms with Crippen molar-refractivity contribution in [2.75, 3.05) is 5.32 Å². The van der Waals surface area contributed by atoms with E-state index in [1.165, 1.54) is 9.13 Å². The average Bonchev–Trinajstić information content (AvgIpc) is 3.26. The molecule has 0 atom stereocenters. The van der Waals surface area contributed by atoms with Crippen LogP contribution in [-0.2, 0) is 24.3 Å². The van der Waals surface area contributed by atoms with E-state index in [2.05, 4.69) is 14.7 Å². The maximum atomic E-state index is 13.3. The van der Waals surface area contributed by atoms with Crippen LogP contribution < -0.4 is 16.6 Å². The molecule has 4 aromatic rings. The third-order valence-corrected chi connectivity index (χ3v) is 5.99. The molecule has 1 N–H and O–H groups in total. The number of aromatic nitrogens is 4.